The third kappa shape index (κ3) is 3.89. The van der Waals surface area contributed by atoms with Gasteiger partial charge in [-0.1, -0.05) is 32.0 Å². The quantitative estimate of drug-likeness (QED) is 0.648. The van der Waals surface area contributed by atoms with Crippen LogP contribution >= 0.6 is 0 Å². The maximum atomic E-state index is 5.38. The van der Waals surface area contributed by atoms with Gasteiger partial charge in [0.25, 0.3) is 0 Å². The highest BCUT2D eigenvalue weighted by atomic mass is 16.5. The zero-order valence-corrected chi connectivity index (χ0v) is 10.7. The lowest BCUT2D eigenvalue weighted by molar-refractivity contribution is 0.415. The van der Waals surface area contributed by atoms with Crippen LogP contribution in [0.3, 0.4) is 0 Å². The van der Waals surface area contributed by atoms with E-state index >= 15 is 0 Å². The Bertz CT molecular complexity index is 298. The van der Waals surface area contributed by atoms with Gasteiger partial charge in [0.15, 0.2) is 0 Å². The van der Waals surface area contributed by atoms with E-state index in [2.05, 4.69) is 30.8 Å². The first-order valence-corrected chi connectivity index (χ1v) is 6.16. The third-order valence-corrected chi connectivity index (χ3v) is 2.67. The van der Waals surface area contributed by atoms with Crippen molar-refractivity contribution in [1.82, 2.24) is 4.81 Å². The Kier molecular flexibility index (Phi) is 6.01. The van der Waals surface area contributed by atoms with Crippen molar-refractivity contribution in [2.75, 3.05) is 20.2 Å². The first-order chi connectivity index (χ1) is 7.81. The molecular formula is C13H22BNO. The van der Waals surface area contributed by atoms with E-state index in [0.717, 1.165) is 26.3 Å². The SMILES string of the molecule is CCCN(Bc1ccccc1OC)CCC. The fraction of sp³-hybridized carbons (Fsp3) is 0.538. The largest absolute Gasteiger partial charge is 0.497 e. The molecule has 0 unspecified atom stereocenters. The van der Waals surface area contributed by atoms with Crippen molar-refractivity contribution in [3.63, 3.8) is 0 Å². The number of methoxy groups -OCH3 is 1. The molecule has 3 heteroatoms. The Morgan fingerprint density at radius 3 is 2.31 bits per heavy atom. The van der Waals surface area contributed by atoms with Crippen molar-refractivity contribution < 1.29 is 4.74 Å². The molecular weight excluding hydrogens is 197 g/mol. The van der Waals surface area contributed by atoms with Crippen LogP contribution in [0.1, 0.15) is 26.7 Å². The van der Waals surface area contributed by atoms with Crippen LogP contribution in [0.2, 0.25) is 0 Å². The molecule has 0 aromatic heterocycles. The molecule has 0 radical (unpaired) electrons. The third-order valence-electron chi connectivity index (χ3n) is 2.67. The zero-order chi connectivity index (χ0) is 11.8. The molecule has 0 atom stereocenters. The number of ether oxygens (including phenoxy) is 1. The summed E-state index contributed by atoms with van der Waals surface area (Å²) in [6.07, 6.45) is 2.41. The maximum absolute atomic E-state index is 5.38. The highest BCUT2D eigenvalue weighted by Gasteiger charge is 2.09. The van der Waals surface area contributed by atoms with Crippen molar-refractivity contribution in [2.24, 2.45) is 0 Å². The first kappa shape index (κ1) is 13.1. The van der Waals surface area contributed by atoms with Crippen LogP contribution in [0.4, 0.5) is 0 Å². The Labute approximate surface area is 99.9 Å². The van der Waals surface area contributed by atoms with E-state index in [1.165, 1.54) is 18.3 Å². The highest BCUT2D eigenvalue weighted by molar-refractivity contribution is 6.51. The highest BCUT2D eigenvalue weighted by Crippen LogP contribution is 2.05. The van der Waals surface area contributed by atoms with Gasteiger partial charge < -0.3 is 9.55 Å². The van der Waals surface area contributed by atoms with Crippen LogP contribution in [0, 0.1) is 0 Å². The molecule has 88 valence electrons. The summed E-state index contributed by atoms with van der Waals surface area (Å²) in [5, 5.41) is 0. The van der Waals surface area contributed by atoms with Gasteiger partial charge in [0, 0.05) is 0 Å². The summed E-state index contributed by atoms with van der Waals surface area (Å²) in [7, 11) is 2.73. The van der Waals surface area contributed by atoms with Gasteiger partial charge in [0.05, 0.1) is 7.11 Å². The van der Waals surface area contributed by atoms with Crippen molar-refractivity contribution in [2.45, 2.75) is 26.7 Å². The first-order valence-electron chi connectivity index (χ1n) is 6.16. The zero-order valence-electron chi connectivity index (χ0n) is 10.7. The summed E-state index contributed by atoms with van der Waals surface area (Å²) in [6, 6.07) is 8.28. The molecule has 0 aliphatic carbocycles. The molecule has 0 spiro atoms. The number of rotatable bonds is 7. The van der Waals surface area contributed by atoms with Crippen LogP contribution in [-0.4, -0.2) is 32.4 Å². The standard InChI is InChI=1S/C13H22BNO/c1-4-10-15(11-5-2)14-12-8-6-7-9-13(12)16-3/h6-9,14H,4-5,10-11H2,1-3H3. The molecule has 0 saturated heterocycles. The molecule has 0 heterocycles. The fourth-order valence-electron chi connectivity index (χ4n) is 1.98. The maximum Gasteiger partial charge on any atom is 0.243 e. The second-order valence-electron chi connectivity index (χ2n) is 4.09. The van der Waals surface area contributed by atoms with E-state index in [9.17, 15) is 0 Å². The van der Waals surface area contributed by atoms with Gasteiger partial charge in [-0.05, 0) is 37.5 Å². The number of para-hydroxylation sites is 1. The van der Waals surface area contributed by atoms with E-state index in [4.69, 9.17) is 4.74 Å². The lowest BCUT2D eigenvalue weighted by Gasteiger charge is -2.21. The molecule has 0 fully saturated rings. The Morgan fingerprint density at radius 2 is 1.75 bits per heavy atom. The monoisotopic (exact) mass is 219 g/mol. The summed E-state index contributed by atoms with van der Waals surface area (Å²) in [6.45, 7) is 6.77. The van der Waals surface area contributed by atoms with Crippen LogP contribution in [0.25, 0.3) is 0 Å². The predicted molar refractivity (Wildman–Crippen MR) is 71.9 cm³/mol. The number of benzene rings is 1. The summed E-state index contributed by atoms with van der Waals surface area (Å²) in [5.74, 6) is 1.000. The number of nitrogens with zero attached hydrogens (tertiary/aromatic N) is 1. The smallest absolute Gasteiger partial charge is 0.243 e. The summed E-state index contributed by atoms with van der Waals surface area (Å²) >= 11 is 0. The topological polar surface area (TPSA) is 12.5 Å². The van der Waals surface area contributed by atoms with Crippen molar-refractivity contribution in [1.29, 1.82) is 0 Å². The Balaban J connectivity index is 2.67. The Morgan fingerprint density at radius 1 is 1.12 bits per heavy atom. The van der Waals surface area contributed by atoms with Gasteiger partial charge >= 0.3 is 0 Å². The predicted octanol–water partition coefficient (Wildman–Crippen LogP) is 1.79. The van der Waals surface area contributed by atoms with Crippen molar-refractivity contribution in [3.05, 3.63) is 24.3 Å². The van der Waals surface area contributed by atoms with Gasteiger partial charge in [0.2, 0.25) is 7.41 Å². The molecule has 0 aliphatic rings. The van der Waals surface area contributed by atoms with E-state index in [0.29, 0.717) is 0 Å². The normalized spacial score (nSPS) is 10.5. The lowest BCUT2D eigenvalue weighted by Crippen LogP contribution is -2.37. The van der Waals surface area contributed by atoms with Crippen LogP contribution < -0.4 is 10.2 Å². The summed E-state index contributed by atoms with van der Waals surface area (Å²) in [5.41, 5.74) is 1.28. The minimum atomic E-state index is 0.992. The van der Waals surface area contributed by atoms with Crippen molar-refractivity contribution >= 4 is 12.9 Å². The summed E-state index contributed by atoms with van der Waals surface area (Å²) < 4.78 is 5.38. The molecule has 0 amide bonds. The molecule has 1 aromatic carbocycles. The van der Waals surface area contributed by atoms with E-state index in [1.807, 2.05) is 12.1 Å². The Hall–Kier alpha value is -0.955. The molecule has 1 rings (SSSR count). The van der Waals surface area contributed by atoms with Crippen LogP contribution in [-0.2, 0) is 0 Å². The summed E-state index contributed by atoms with van der Waals surface area (Å²) in [4.78, 5) is 2.48. The average Bonchev–Trinajstić information content (AvgIpc) is 2.30. The molecule has 1 aromatic rings. The number of hydrogen-bond donors (Lipinski definition) is 0. The molecule has 2 nitrogen and oxygen atoms in total. The lowest BCUT2D eigenvalue weighted by atomic mass is 9.79. The second kappa shape index (κ2) is 7.34. The molecule has 0 bridgehead atoms. The second-order valence-corrected chi connectivity index (χ2v) is 4.09. The van der Waals surface area contributed by atoms with E-state index in [-0.39, 0.29) is 0 Å². The van der Waals surface area contributed by atoms with Gasteiger partial charge in [0.1, 0.15) is 5.75 Å². The fourth-order valence-corrected chi connectivity index (χ4v) is 1.98. The molecule has 0 saturated carbocycles. The molecule has 0 aliphatic heterocycles. The van der Waals surface area contributed by atoms with E-state index < -0.39 is 0 Å². The van der Waals surface area contributed by atoms with Gasteiger partial charge in [-0.2, -0.15) is 0 Å². The van der Waals surface area contributed by atoms with Gasteiger partial charge in [-0.25, -0.2) is 0 Å². The van der Waals surface area contributed by atoms with Crippen LogP contribution in [0.15, 0.2) is 24.3 Å². The van der Waals surface area contributed by atoms with Gasteiger partial charge in [-0.3, -0.25) is 0 Å². The minimum Gasteiger partial charge on any atom is -0.497 e. The van der Waals surface area contributed by atoms with Crippen LogP contribution in [0.5, 0.6) is 5.75 Å². The number of hydrogen-bond acceptors (Lipinski definition) is 2. The average molecular weight is 219 g/mol. The van der Waals surface area contributed by atoms with Crippen molar-refractivity contribution in [3.8, 4) is 5.75 Å². The van der Waals surface area contributed by atoms with E-state index in [1.54, 1.807) is 7.11 Å². The van der Waals surface area contributed by atoms with Gasteiger partial charge in [-0.15, -0.1) is 0 Å². The minimum absolute atomic E-state index is 0.992. The molecule has 16 heavy (non-hydrogen) atoms. The molecule has 0 N–H and O–H groups in total.